The first kappa shape index (κ1) is 34.8. The van der Waals surface area contributed by atoms with Crippen LogP contribution in [0.25, 0.3) is 0 Å². The number of aliphatic carboxylic acids is 1. The van der Waals surface area contributed by atoms with Crippen molar-refractivity contribution in [3.63, 3.8) is 0 Å². The number of tetrazole rings is 1. The summed E-state index contributed by atoms with van der Waals surface area (Å²) in [5, 5.41) is 21.3. The van der Waals surface area contributed by atoms with E-state index in [4.69, 9.17) is 4.74 Å². The molecule has 0 aliphatic heterocycles. The van der Waals surface area contributed by atoms with Crippen LogP contribution in [-0.2, 0) is 37.3 Å². The normalized spacial score (nSPS) is 17.2. The van der Waals surface area contributed by atoms with Gasteiger partial charge in [-0.25, -0.2) is 0 Å². The van der Waals surface area contributed by atoms with Gasteiger partial charge in [0, 0.05) is 44.4 Å². The Kier molecular flexibility index (Phi) is 10.7. The molecule has 252 valence electrons. The maximum Gasteiger partial charge on any atom is 0.416 e. The van der Waals surface area contributed by atoms with E-state index in [0.29, 0.717) is 36.9 Å². The molecular formula is C31H38F6N6O3. The summed E-state index contributed by atoms with van der Waals surface area (Å²) < 4.78 is 87.5. The van der Waals surface area contributed by atoms with Gasteiger partial charge in [0.05, 0.1) is 25.3 Å². The molecule has 0 atom stereocenters. The average molecular weight is 657 g/mol. The summed E-state index contributed by atoms with van der Waals surface area (Å²) in [6, 6.07) is 5.29. The lowest BCUT2D eigenvalue weighted by atomic mass is 9.80. The number of carbonyl (C=O) groups is 1. The predicted molar refractivity (Wildman–Crippen MR) is 158 cm³/mol. The van der Waals surface area contributed by atoms with E-state index in [1.54, 1.807) is 7.11 Å². The molecule has 2 aromatic carbocycles. The van der Waals surface area contributed by atoms with Gasteiger partial charge in [-0.1, -0.05) is 5.10 Å². The van der Waals surface area contributed by atoms with Crippen molar-refractivity contribution in [2.45, 2.75) is 71.4 Å². The molecule has 4 rings (SSSR count). The molecule has 0 saturated heterocycles. The molecule has 0 amide bonds. The van der Waals surface area contributed by atoms with Gasteiger partial charge in [-0.15, -0.1) is 5.10 Å². The van der Waals surface area contributed by atoms with E-state index in [-0.39, 0.29) is 43.0 Å². The van der Waals surface area contributed by atoms with E-state index in [1.165, 1.54) is 11.9 Å². The zero-order valence-electron chi connectivity index (χ0n) is 26.1. The third kappa shape index (κ3) is 8.81. The second kappa shape index (κ2) is 14.2. The highest BCUT2D eigenvalue weighted by Gasteiger charge is 2.37. The Hall–Kier alpha value is -4.04. The topological polar surface area (TPSA) is 96.6 Å². The van der Waals surface area contributed by atoms with E-state index in [2.05, 4.69) is 20.3 Å². The third-order valence-corrected chi connectivity index (χ3v) is 8.39. The molecule has 0 unspecified atom stereocenters. The lowest BCUT2D eigenvalue weighted by molar-refractivity contribution is -0.143. The minimum absolute atomic E-state index is 0.0349. The Morgan fingerprint density at radius 1 is 0.957 bits per heavy atom. The van der Waals surface area contributed by atoms with E-state index in [1.807, 2.05) is 26.0 Å². The molecule has 3 aromatic rings. The van der Waals surface area contributed by atoms with Crippen molar-refractivity contribution in [3.05, 3.63) is 58.1 Å². The molecule has 9 nitrogen and oxygen atoms in total. The number of halogens is 6. The number of nitrogens with zero attached hydrogens (tertiary/aromatic N) is 6. The third-order valence-electron chi connectivity index (χ3n) is 8.39. The number of hydrogen-bond acceptors (Lipinski definition) is 7. The van der Waals surface area contributed by atoms with Crippen molar-refractivity contribution < 1.29 is 41.0 Å². The second-order valence-corrected chi connectivity index (χ2v) is 11.8. The standard InChI is InChI=1S/C31H38F6N6O3/c1-5-42(16-21-8-6-20(7-9-21)13-28(44)45)26-15-27(46-4)19(2)10-23(26)18-43(29-38-40-41(3)39-29)17-22-11-24(30(32,33)34)14-25(12-22)31(35,36)37/h10-12,14-15,20-21H,5-9,13,16-18H2,1-4H3,(H,44,45). The zero-order chi connectivity index (χ0) is 33.8. The molecule has 1 saturated carbocycles. The molecule has 46 heavy (non-hydrogen) atoms. The Morgan fingerprint density at radius 2 is 1.57 bits per heavy atom. The highest BCUT2D eigenvalue weighted by atomic mass is 19.4. The molecule has 0 spiro atoms. The number of alkyl halides is 6. The van der Waals surface area contributed by atoms with Crippen LogP contribution in [-0.4, -0.2) is 51.5 Å². The van der Waals surface area contributed by atoms with Crippen LogP contribution < -0.4 is 14.5 Å². The van der Waals surface area contributed by atoms with E-state index in [0.717, 1.165) is 47.3 Å². The molecule has 0 radical (unpaired) electrons. The number of methoxy groups -OCH3 is 1. The Balaban J connectivity index is 1.70. The van der Waals surface area contributed by atoms with Crippen LogP contribution >= 0.6 is 0 Å². The summed E-state index contributed by atoms with van der Waals surface area (Å²) in [6.07, 6.45) is -6.42. The van der Waals surface area contributed by atoms with Gasteiger partial charge in [-0.05, 0) is 97.5 Å². The summed E-state index contributed by atoms with van der Waals surface area (Å²) >= 11 is 0. The number of aryl methyl sites for hydroxylation is 2. The van der Waals surface area contributed by atoms with E-state index < -0.39 is 29.4 Å². The maximum absolute atomic E-state index is 13.7. The van der Waals surface area contributed by atoms with Crippen molar-refractivity contribution in [2.75, 3.05) is 30.0 Å². The molecular weight excluding hydrogens is 618 g/mol. The first-order valence-electron chi connectivity index (χ1n) is 15.0. The van der Waals surface area contributed by atoms with Crippen LogP contribution in [0, 0.1) is 18.8 Å². The number of aromatic nitrogens is 4. The van der Waals surface area contributed by atoms with Crippen molar-refractivity contribution in [1.29, 1.82) is 0 Å². The van der Waals surface area contributed by atoms with E-state index in [9.17, 15) is 36.2 Å². The van der Waals surface area contributed by atoms with Crippen LogP contribution in [0.1, 0.15) is 66.8 Å². The van der Waals surface area contributed by atoms with Gasteiger partial charge in [0.1, 0.15) is 5.75 Å². The number of carboxylic acid groups (broad SMARTS) is 1. The second-order valence-electron chi connectivity index (χ2n) is 11.8. The van der Waals surface area contributed by atoms with Crippen LogP contribution in [0.15, 0.2) is 30.3 Å². The minimum Gasteiger partial charge on any atom is -0.496 e. The summed E-state index contributed by atoms with van der Waals surface area (Å²) in [4.78, 5) is 16.0. The fourth-order valence-electron chi connectivity index (χ4n) is 6.09. The molecule has 1 aliphatic carbocycles. The van der Waals surface area contributed by atoms with Gasteiger partial charge in [0.2, 0.25) is 0 Å². The Labute approximate surface area is 263 Å². The van der Waals surface area contributed by atoms with Crippen LogP contribution in [0.5, 0.6) is 5.75 Å². The van der Waals surface area contributed by atoms with Crippen LogP contribution in [0.4, 0.5) is 38.0 Å². The number of hydrogen-bond donors (Lipinski definition) is 1. The quantitative estimate of drug-likeness (QED) is 0.211. The van der Waals surface area contributed by atoms with Crippen molar-refractivity contribution >= 4 is 17.6 Å². The Morgan fingerprint density at radius 3 is 2.07 bits per heavy atom. The highest BCUT2D eigenvalue weighted by Crippen LogP contribution is 2.38. The molecule has 1 heterocycles. The van der Waals surface area contributed by atoms with Gasteiger partial charge in [-0.3, -0.25) is 4.79 Å². The molecule has 1 aromatic heterocycles. The lowest BCUT2D eigenvalue weighted by Gasteiger charge is -2.35. The summed E-state index contributed by atoms with van der Waals surface area (Å²) in [7, 11) is 3.06. The smallest absolute Gasteiger partial charge is 0.416 e. The average Bonchev–Trinajstić information content (AvgIpc) is 3.41. The zero-order valence-corrected chi connectivity index (χ0v) is 26.1. The van der Waals surface area contributed by atoms with Gasteiger partial charge in [0.15, 0.2) is 0 Å². The first-order chi connectivity index (χ1) is 21.6. The number of carboxylic acids is 1. The SMILES string of the molecule is CCN(CC1CCC(CC(=O)O)CC1)c1cc(OC)c(C)cc1CN(Cc1cc(C(F)(F)F)cc(C(F)(F)F)c1)c1nnn(C)n1. The fourth-order valence-corrected chi connectivity index (χ4v) is 6.09. The number of anilines is 2. The molecule has 1 aliphatic rings. The largest absolute Gasteiger partial charge is 0.496 e. The van der Waals surface area contributed by atoms with Gasteiger partial charge < -0.3 is 19.6 Å². The van der Waals surface area contributed by atoms with Gasteiger partial charge >= 0.3 is 18.3 Å². The molecule has 1 fully saturated rings. The monoisotopic (exact) mass is 656 g/mol. The molecule has 1 N–H and O–H groups in total. The minimum atomic E-state index is -4.99. The van der Waals surface area contributed by atoms with Crippen molar-refractivity contribution in [3.8, 4) is 5.75 Å². The summed E-state index contributed by atoms with van der Waals surface area (Å²) in [6.45, 7) is 4.82. The van der Waals surface area contributed by atoms with Gasteiger partial charge in [0.25, 0.3) is 5.95 Å². The van der Waals surface area contributed by atoms with E-state index >= 15 is 0 Å². The fraction of sp³-hybridized carbons (Fsp3) is 0.548. The Bertz CT molecular complexity index is 1470. The van der Waals surface area contributed by atoms with Crippen LogP contribution in [0.3, 0.4) is 0 Å². The van der Waals surface area contributed by atoms with Crippen LogP contribution in [0.2, 0.25) is 0 Å². The number of rotatable bonds is 12. The summed E-state index contributed by atoms with van der Waals surface area (Å²) in [5.74, 6) is 0.332. The summed E-state index contributed by atoms with van der Waals surface area (Å²) in [5.41, 5.74) is -0.688. The lowest BCUT2D eigenvalue weighted by Crippen LogP contribution is -2.33. The number of ether oxygens (including phenoxy) is 1. The molecule has 15 heteroatoms. The van der Waals surface area contributed by atoms with Crippen molar-refractivity contribution in [1.82, 2.24) is 20.2 Å². The number of benzene rings is 2. The van der Waals surface area contributed by atoms with Gasteiger partial charge in [-0.2, -0.15) is 31.1 Å². The predicted octanol–water partition coefficient (Wildman–Crippen LogP) is 6.88. The maximum atomic E-state index is 13.7. The first-order valence-corrected chi connectivity index (χ1v) is 15.0. The molecule has 0 bridgehead atoms. The highest BCUT2D eigenvalue weighted by molar-refractivity contribution is 5.67. The van der Waals surface area contributed by atoms with Crippen molar-refractivity contribution in [2.24, 2.45) is 18.9 Å².